The summed E-state index contributed by atoms with van der Waals surface area (Å²) in [5.74, 6) is 1.06. The van der Waals surface area contributed by atoms with Crippen LogP contribution in [0.15, 0.2) is 53.3 Å². The molecule has 2 aromatic heterocycles. The van der Waals surface area contributed by atoms with Crippen LogP contribution >= 0.6 is 22.9 Å². The number of aromatic nitrogens is 3. The molecule has 0 bridgehead atoms. The Morgan fingerprint density at radius 1 is 1.03 bits per heavy atom. The van der Waals surface area contributed by atoms with Crippen molar-refractivity contribution in [3.8, 4) is 22.1 Å². The molecule has 1 aliphatic rings. The summed E-state index contributed by atoms with van der Waals surface area (Å²) in [6, 6.07) is 14.1. The van der Waals surface area contributed by atoms with Crippen molar-refractivity contribution in [3.05, 3.63) is 75.2 Å². The second kappa shape index (κ2) is 10.3. The average Bonchev–Trinajstić information content (AvgIpc) is 3.33. The Bertz CT molecular complexity index is 1480. The van der Waals surface area contributed by atoms with E-state index in [0.717, 1.165) is 5.56 Å². The third-order valence-electron chi connectivity index (χ3n) is 6.05. The van der Waals surface area contributed by atoms with Crippen LogP contribution in [-0.2, 0) is 6.54 Å². The zero-order valence-corrected chi connectivity index (χ0v) is 21.4. The van der Waals surface area contributed by atoms with Crippen LogP contribution < -0.4 is 15.0 Å². The summed E-state index contributed by atoms with van der Waals surface area (Å²) >= 11 is 7.45. The Hall–Kier alpha value is -3.47. The first-order valence-corrected chi connectivity index (χ1v) is 12.5. The number of methoxy groups -OCH3 is 2. The molecule has 11 heteroatoms. The zero-order valence-electron chi connectivity index (χ0n) is 19.8. The highest BCUT2D eigenvalue weighted by Gasteiger charge is 2.24. The Morgan fingerprint density at radius 2 is 1.81 bits per heavy atom. The molecule has 186 valence electrons. The number of piperazine rings is 1. The molecule has 2 aromatic carbocycles. The first-order valence-electron chi connectivity index (χ1n) is 11.3. The number of amides is 1. The third-order valence-corrected chi connectivity index (χ3v) is 7.24. The first-order chi connectivity index (χ1) is 17.4. The number of carbonyl (C=O) groups is 1. The molecule has 0 aliphatic carbocycles. The van der Waals surface area contributed by atoms with Gasteiger partial charge in [0, 0.05) is 54.9 Å². The van der Waals surface area contributed by atoms with Gasteiger partial charge in [0.2, 0.25) is 4.96 Å². The number of fused-ring (bicyclic) bond motifs is 1. The van der Waals surface area contributed by atoms with Gasteiger partial charge < -0.3 is 14.4 Å². The lowest BCUT2D eigenvalue weighted by molar-refractivity contribution is 0.0626. The van der Waals surface area contributed by atoms with Crippen LogP contribution in [0, 0.1) is 0 Å². The molecule has 1 saturated heterocycles. The summed E-state index contributed by atoms with van der Waals surface area (Å²) in [5.41, 5.74) is 1.86. The molecule has 4 aromatic rings. The predicted molar refractivity (Wildman–Crippen MR) is 138 cm³/mol. The van der Waals surface area contributed by atoms with Crippen molar-refractivity contribution < 1.29 is 14.3 Å². The van der Waals surface area contributed by atoms with Gasteiger partial charge in [-0.1, -0.05) is 35.1 Å². The van der Waals surface area contributed by atoms with Gasteiger partial charge in [-0.25, -0.2) is 4.98 Å². The highest BCUT2D eigenvalue weighted by molar-refractivity contribution is 7.19. The van der Waals surface area contributed by atoms with Gasteiger partial charge in [-0.3, -0.25) is 14.5 Å². The van der Waals surface area contributed by atoms with Crippen molar-refractivity contribution in [1.29, 1.82) is 0 Å². The maximum absolute atomic E-state index is 13.0. The summed E-state index contributed by atoms with van der Waals surface area (Å²) in [6.45, 7) is 3.03. The lowest BCUT2D eigenvalue weighted by Crippen LogP contribution is -2.48. The van der Waals surface area contributed by atoms with Crippen LogP contribution in [0.1, 0.15) is 16.1 Å². The minimum atomic E-state index is -0.221. The minimum Gasteiger partial charge on any atom is -0.493 e. The minimum absolute atomic E-state index is 0.0494. The SMILES string of the molecule is COc1ccc(C(=O)N2CCN(Cc3cc(=O)n4nc(-c5cccc(Cl)c5)sc4n3)CC2)cc1OC. The number of rotatable bonds is 6. The van der Waals surface area contributed by atoms with Gasteiger partial charge in [-0.05, 0) is 30.3 Å². The second-order valence-electron chi connectivity index (χ2n) is 8.34. The molecule has 5 rings (SSSR count). The van der Waals surface area contributed by atoms with Gasteiger partial charge in [0.1, 0.15) is 5.01 Å². The third kappa shape index (κ3) is 4.92. The number of ether oxygens (including phenoxy) is 2. The van der Waals surface area contributed by atoms with E-state index in [2.05, 4.69) is 15.0 Å². The molecule has 0 spiro atoms. The molecule has 36 heavy (non-hydrogen) atoms. The van der Waals surface area contributed by atoms with E-state index in [1.54, 1.807) is 38.5 Å². The normalized spacial score (nSPS) is 14.2. The molecule has 1 amide bonds. The van der Waals surface area contributed by atoms with Crippen LogP contribution in [0.5, 0.6) is 11.5 Å². The standard InChI is InChI=1S/C25H24ClN5O4S/c1-34-20-7-6-17(13-21(20)35-2)24(33)30-10-8-29(9-11-30)15-19-14-22(32)31-25(27-19)36-23(28-31)16-4-3-5-18(26)12-16/h3-7,12-14H,8-11,15H2,1-2H3. The van der Waals surface area contributed by atoms with Crippen molar-refractivity contribution in [2.45, 2.75) is 6.54 Å². The van der Waals surface area contributed by atoms with Crippen LogP contribution in [-0.4, -0.2) is 70.7 Å². The summed E-state index contributed by atoms with van der Waals surface area (Å²) in [5, 5.41) is 5.71. The maximum Gasteiger partial charge on any atom is 0.275 e. The topological polar surface area (TPSA) is 89.3 Å². The van der Waals surface area contributed by atoms with E-state index in [-0.39, 0.29) is 11.5 Å². The van der Waals surface area contributed by atoms with E-state index in [1.807, 2.05) is 23.1 Å². The largest absolute Gasteiger partial charge is 0.493 e. The molecule has 0 atom stereocenters. The summed E-state index contributed by atoms with van der Waals surface area (Å²) in [4.78, 5) is 34.9. The van der Waals surface area contributed by atoms with Crippen molar-refractivity contribution in [1.82, 2.24) is 24.4 Å². The second-order valence-corrected chi connectivity index (χ2v) is 9.73. The Labute approximate surface area is 216 Å². The number of hydrogen-bond donors (Lipinski definition) is 0. The fourth-order valence-corrected chi connectivity index (χ4v) is 5.28. The Morgan fingerprint density at radius 3 is 2.53 bits per heavy atom. The molecule has 1 fully saturated rings. The smallest absolute Gasteiger partial charge is 0.275 e. The number of hydrogen-bond acceptors (Lipinski definition) is 8. The highest BCUT2D eigenvalue weighted by atomic mass is 35.5. The number of benzene rings is 2. The molecule has 0 radical (unpaired) electrons. The van der Waals surface area contributed by atoms with Gasteiger partial charge in [-0.2, -0.15) is 9.61 Å². The quantitative estimate of drug-likeness (QED) is 0.381. The average molecular weight is 526 g/mol. The van der Waals surface area contributed by atoms with E-state index >= 15 is 0 Å². The van der Waals surface area contributed by atoms with Gasteiger partial charge in [0.25, 0.3) is 11.5 Å². The van der Waals surface area contributed by atoms with Crippen molar-refractivity contribution in [2.75, 3.05) is 40.4 Å². The predicted octanol–water partition coefficient (Wildman–Crippen LogP) is 3.45. The molecular formula is C25H24ClN5O4S. The van der Waals surface area contributed by atoms with Gasteiger partial charge in [0.05, 0.1) is 19.9 Å². The van der Waals surface area contributed by atoms with Crippen molar-refractivity contribution in [2.24, 2.45) is 0 Å². The van der Waals surface area contributed by atoms with E-state index in [0.29, 0.717) is 70.5 Å². The molecule has 0 unspecified atom stereocenters. The number of carbonyl (C=O) groups excluding carboxylic acids is 1. The fourth-order valence-electron chi connectivity index (χ4n) is 4.17. The summed E-state index contributed by atoms with van der Waals surface area (Å²) in [6.07, 6.45) is 0. The first kappa shape index (κ1) is 24.2. The molecule has 0 N–H and O–H groups in total. The van der Waals surface area contributed by atoms with Gasteiger partial charge >= 0.3 is 0 Å². The van der Waals surface area contributed by atoms with Gasteiger partial charge in [0.15, 0.2) is 11.5 Å². The van der Waals surface area contributed by atoms with E-state index < -0.39 is 0 Å². The summed E-state index contributed by atoms with van der Waals surface area (Å²) in [7, 11) is 3.11. The van der Waals surface area contributed by atoms with Crippen LogP contribution in [0.3, 0.4) is 0 Å². The van der Waals surface area contributed by atoms with Crippen LogP contribution in [0.4, 0.5) is 0 Å². The van der Waals surface area contributed by atoms with E-state index in [9.17, 15) is 9.59 Å². The fraction of sp³-hybridized carbons (Fsp3) is 0.280. The lowest BCUT2D eigenvalue weighted by atomic mass is 10.1. The van der Waals surface area contributed by atoms with Crippen LogP contribution in [0.2, 0.25) is 5.02 Å². The lowest BCUT2D eigenvalue weighted by Gasteiger charge is -2.34. The Balaban J connectivity index is 1.26. The Kier molecular flexibility index (Phi) is 6.90. The number of nitrogens with zero attached hydrogens (tertiary/aromatic N) is 5. The van der Waals surface area contributed by atoms with E-state index in [1.165, 1.54) is 21.9 Å². The number of halogens is 1. The molecule has 9 nitrogen and oxygen atoms in total. The summed E-state index contributed by atoms with van der Waals surface area (Å²) < 4.78 is 11.9. The molecule has 0 saturated carbocycles. The van der Waals surface area contributed by atoms with Crippen molar-refractivity contribution in [3.63, 3.8) is 0 Å². The van der Waals surface area contributed by atoms with Crippen LogP contribution in [0.25, 0.3) is 15.5 Å². The molecular weight excluding hydrogens is 502 g/mol. The monoisotopic (exact) mass is 525 g/mol. The molecule has 1 aliphatic heterocycles. The van der Waals surface area contributed by atoms with Crippen molar-refractivity contribution >= 4 is 33.8 Å². The zero-order chi connectivity index (χ0) is 25.2. The molecule has 3 heterocycles. The van der Waals surface area contributed by atoms with Gasteiger partial charge in [-0.15, -0.1) is 0 Å². The maximum atomic E-state index is 13.0. The highest BCUT2D eigenvalue weighted by Crippen LogP contribution is 2.29. The van der Waals surface area contributed by atoms with E-state index in [4.69, 9.17) is 21.1 Å².